The molecule has 1 unspecified atom stereocenters. The number of amides is 1. The number of hydrogen-bond donors (Lipinski definition) is 2. The fourth-order valence-electron chi connectivity index (χ4n) is 1.62. The number of rotatable bonds is 6. The van der Waals surface area contributed by atoms with Crippen LogP contribution < -0.4 is 10.6 Å². The molecule has 1 amide bonds. The van der Waals surface area contributed by atoms with Gasteiger partial charge in [-0.05, 0) is 37.6 Å². The number of anilines is 1. The summed E-state index contributed by atoms with van der Waals surface area (Å²) in [6, 6.07) is 7.17. The highest BCUT2D eigenvalue weighted by Crippen LogP contribution is 2.15. The van der Waals surface area contributed by atoms with E-state index in [1.54, 1.807) is 26.2 Å². The summed E-state index contributed by atoms with van der Waals surface area (Å²) in [6.45, 7) is 4.64. The Bertz CT molecular complexity index is 480. The van der Waals surface area contributed by atoms with Gasteiger partial charge in [-0.1, -0.05) is 0 Å². The maximum Gasteiger partial charge on any atom is 0.242 e. The van der Waals surface area contributed by atoms with Gasteiger partial charge in [0.25, 0.3) is 0 Å². The van der Waals surface area contributed by atoms with E-state index in [1.165, 1.54) is 0 Å². The van der Waals surface area contributed by atoms with Gasteiger partial charge in [0.05, 0.1) is 18.2 Å². The summed E-state index contributed by atoms with van der Waals surface area (Å²) in [6.07, 6.45) is 0. The van der Waals surface area contributed by atoms with Crippen molar-refractivity contribution in [2.45, 2.75) is 19.9 Å². The monoisotopic (exact) mass is 261 g/mol. The lowest BCUT2D eigenvalue weighted by molar-refractivity contribution is -0.121. The number of aryl methyl sites for hydroxylation is 1. The van der Waals surface area contributed by atoms with E-state index in [-0.39, 0.29) is 11.9 Å². The number of nitrogens with one attached hydrogen (secondary N) is 2. The molecule has 0 aromatic heterocycles. The number of nitrogens with zero attached hydrogens (tertiary/aromatic N) is 1. The molecule has 102 valence electrons. The minimum Gasteiger partial charge on any atom is -0.383 e. The number of ether oxygens (including phenoxy) is 1. The van der Waals surface area contributed by atoms with Crippen molar-refractivity contribution in [3.8, 4) is 6.07 Å². The Kier molecular flexibility index (Phi) is 5.83. The number of methoxy groups -OCH3 is 1. The second-order valence-electron chi connectivity index (χ2n) is 4.29. The Hall–Kier alpha value is -2.06. The number of hydrogen-bond acceptors (Lipinski definition) is 4. The van der Waals surface area contributed by atoms with Gasteiger partial charge in [0.15, 0.2) is 0 Å². The lowest BCUT2D eigenvalue weighted by Crippen LogP contribution is -2.39. The van der Waals surface area contributed by atoms with E-state index >= 15 is 0 Å². The topological polar surface area (TPSA) is 74.2 Å². The smallest absolute Gasteiger partial charge is 0.242 e. The van der Waals surface area contributed by atoms with Gasteiger partial charge in [0.1, 0.15) is 6.04 Å². The summed E-state index contributed by atoms with van der Waals surface area (Å²) in [5.74, 6) is -0.0842. The Morgan fingerprint density at radius 3 is 2.84 bits per heavy atom. The van der Waals surface area contributed by atoms with Crippen molar-refractivity contribution in [3.05, 3.63) is 29.3 Å². The van der Waals surface area contributed by atoms with E-state index in [9.17, 15) is 4.79 Å². The van der Waals surface area contributed by atoms with Crippen LogP contribution in [0.5, 0.6) is 0 Å². The van der Waals surface area contributed by atoms with Gasteiger partial charge in [-0.25, -0.2) is 0 Å². The maximum absolute atomic E-state index is 11.7. The van der Waals surface area contributed by atoms with Crippen molar-refractivity contribution in [2.24, 2.45) is 0 Å². The third-order valence-electron chi connectivity index (χ3n) is 2.73. The molecule has 5 nitrogen and oxygen atoms in total. The fourth-order valence-corrected chi connectivity index (χ4v) is 1.62. The molecular formula is C14H19N3O2. The lowest BCUT2D eigenvalue weighted by atomic mass is 10.1. The quantitative estimate of drug-likeness (QED) is 0.760. The molecule has 0 spiro atoms. The molecule has 0 aliphatic rings. The number of nitriles is 1. The van der Waals surface area contributed by atoms with Gasteiger partial charge in [-0.2, -0.15) is 5.26 Å². The molecule has 2 N–H and O–H groups in total. The van der Waals surface area contributed by atoms with Crippen molar-refractivity contribution < 1.29 is 9.53 Å². The van der Waals surface area contributed by atoms with E-state index in [0.717, 1.165) is 11.3 Å². The summed E-state index contributed by atoms with van der Waals surface area (Å²) in [5, 5.41) is 14.7. The minimum absolute atomic E-state index is 0.0842. The average Bonchev–Trinajstić information content (AvgIpc) is 2.39. The molecule has 0 bridgehead atoms. The van der Waals surface area contributed by atoms with Gasteiger partial charge in [0, 0.05) is 19.3 Å². The first-order valence-corrected chi connectivity index (χ1v) is 6.12. The maximum atomic E-state index is 11.7. The Balaban J connectivity index is 2.57. The lowest BCUT2D eigenvalue weighted by Gasteiger charge is -2.15. The van der Waals surface area contributed by atoms with Crippen LogP contribution in [0.3, 0.4) is 0 Å². The standard InChI is InChI=1S/C14H19N3O2/c1-10-8-13(5-4-12(10)9-15)17-11(2)14(18)16-6-7-19-3/h4-5,8,11,17H,6-7H2,1-3H3,(H,16,18). The zero-order chi connectivity index (χ0) is 14.3. The summed E-state index contributed by atoms with van der Waals surface area (Å²) in [5.41, 5.74) is 2.35. The normalized spacial score (nSPS) is 11.5. The first-order chi connectivity index (χ1) is 9.08. The van der Waals surface area contributed by atoms with Crippen LogP contribution in [0.1, 0.15) is 18.1 Å². The average molecular weight is 261 g/mol. The molecule has 5 heteroatoms. The van der Waals surface area contributed by atoms with E-state index in [1.807, 2.05) is 13.0 Å². The van der Waals surface area contributed by atoms with Crippen LogP contribution in [0.2, 0.25) is 0 Å². The molecule has 0 aliphatic heterocycles. The highest BCUT2D eigenvalue weighted by atomic mass is 16.5. The first kappa shape index (κ1) is 15.0. The largest absolute Gasteiger partial charge is 0.383 e. The number of carbonyl (C=O) groups is 1. The summed E-state index contributed by atoms with van der Waals surface area (Å²) in [7, 11) is 1.59. The zero-order valence-corrected chi connectivity index (χ0v) is 11.5. The van der Waals surface area contributed by atoms with Crippen LogP contribution in [-0.4, -0.2) is 32.2 Å². The van der Waals surface area contributed by atoms with Crippen molar-refractivity contribution in [1.29, 1.82) is 5.26 Å². The molecule has 0 fully saturated rings. The SMILES string of the molecule is COCCNC(=O)C(C)Nc1ccc(C#N)c(C)c1. The van der Waals surface area contributed by atoms with Crippen LogP contribution >= 0.6 is 0 Å². The highest BCUT2D eigenvalue weighted by molar-refractivity contribution is 5.84. The molecule has 0 aliphatic carbocycles. The van der Waals surface area contributed by atoms with Crippen molar-refractivity contribution in [2.75, 3.05) is 25.6 Å². The van der Waals surface area contributed by atoms with Crippen LogP contribution in [0.4, 0.5) is 5.69 Å². The predicted molar refractivity (Wildman–Crippen MR) is 73.9 cm³/mol. The summed E-state index contributed by atoms with van der Waals surface area (Å²) < 4.78 is 4.87. The minimum atomic E-state index is -0.343. The predicted octanol–water partition coefficient (Wildman–Crippen LogP) is 1.43. The second-order valence-corrected chi connectivity index (χ2v) is 4.29. The molecule has 1 aromatic rings. The molecule has 19 heavy (non-hydrogen) atoms. The van der Waals surface area contributed by atoms with Crippen molar-refractivity contribution in [3.63, 3.8) is 0 Å². The zero-order valence-electron chi connectivity index (χ0n) is 11.5. The van der Waals surface area contributed by atoms with E-state index in [0.29, 0.717) is 18.7 Å². The summed E-state index contributed by atoms with van der Waals surface area (Å²) in [4.78, 5) is 11.7. The molecule has 0 saturated carbocycles. The molecule has 1 atom stereocenters. The fraction of sp³-hybridized carbons (Fsp3) is 0.429. The van der Waals surface area contributed by atoms with Crippen LogP contribution in [-0.2, 0) is 9.53 Å². The molecule has 0 saturated heterocycles. The molecule has 1 rings (SSSR count). The van der Waals surface area contributed by atoms with Gasteiger partial charge >= 0.3 is 0 Å². The number of benzene rings is 1. The van der Waals surface area contributed by atoms with Crippen molar-refractivity contribution >= 4 is 11.6 Å². The highest BCUT2D eigenvalue weighted by Gasteiger charge is 2.12. The third-order valence-corrected chi connectivity index (χ3v) is 2.73. The van der Waals surface area contributed by atoms with E-state index < -0.39 is 0 Å². The molecule has 0 radical (unpaired) electrons. The van der Waals surface area contributed by atoms with Crippen LogP contribution in [0.15, 0.2) is 18.2 Å². The third kappa shape index (κ3) is 4.60. The van der Waals surface area contributed by atoms with Crippen molar-refractivity contribution in [1.82, 2.24) is 5.32 Å². The Labute approximate surface area is 113 Å². The second kappa shape index (κ2) is 7.39. The number of carbonyl (C=O) groups excluding carboxylic acids is 1. The van der Waals surface area contributed by atoms with E-state index in [4.69, 9.17) is 10.00 Å². The van der Waals surface area contributed by atoms with E-state index in [2.05, 4.69) is 16.7 Å². The van der Waals surface area contributed by atoms with Gasteiger partial charge in [-0.3, -0.25) is 4.79 Å². The summed E-state index contributed by atoms with van der Waals surface area (Å²) >= 11 is 0. The Morgan fingerprint density at radius 2 is 2.26 bits per heavy atom. The molecule has 0 heterocycles. The van der Waals surface area contributed by atoms with Gasteiger partial charge in [0.2, 0.25) is 5.91 Å². The van der Waals surface area contributed by atoms with Gasteiger partial charge < -0.3 is 15.4 Å². The molecular weight excluding hydrogens is 242 g/mol. The van der Waals surface area contributed by atoms with Gasteiger partial charge in [-0.15, -0.1) is 0 Å². The van der Waals surface area contributed by atoms with Crippen LogP contribution in [0, 0.1) is 18.3 Å². The Morgan fingerprint density at radius 1 is 1.53 bits per heavy atom. The molecule has 1 aromatic carbocycles. The first-order valence-electron chi connectivity index (χ1n) is 6.12. The van der Waals surface area contributed by atoms with Crippen LogP contribution in [0.25, 0.3) is 0 Å².